The summed E-state index contributed by atoms with van der Waals surface area (Å²) in [5, 5.41) is 9.73. The number of carbonyl (C=O) groups excluding carboxylic acids is 2. The van der Waals surface area contributed by atoms with Gasteiger partial charge in [-0.2, -0.15) is 0 Å². The monoisotopic (exact) mass is 354 g/mol. The number of carbonyl (C=O) groups is 2. The molecule has 0 amide bonds. The van der Waals surface area contributed by atoms with Crippen LogP contribution in [0.2, 0.25) is 0 Å². The molecule has 0 aromatic rings. The van der Waals surface area contributed by atoms with Crippen LogP contribution < -0.4 is 0 Å². The highest BCUT2D eigenvalue weighted by Crippen LogP contribution is 2.33. The van der Waals surface area contributed by atoms with Gasteiger partial charge < -0.3 is 14.6 Å². The van der Waals surface area contributed by atoms with E-state index in [4.69, 9.17) is 9.47 Å². The van der Waals surface area contributed by atoms with Gasteiger partial charge in [0.15, 0.2) is 5.60 Å². The largest absolute Gasteiger partial charge is 0.461 e. The van der Waals surface area contributed by atoms with Gasteiger partial charge in [0.05, 0.1) is 12.0 Å². The van der Waals surface area contributed by atoms with Crippen LogP contribution in [0.4, 0.5) is 0 Å². The third-order valence-corrected chi connectivity index (χ3v) is 4.80. The molecule has 1 fully saturated rings. The molecule has 0 aliphatic carbocycles. The zero-order chi connectivity index (χ0) is 19.4. The van der Waals surface area contributed by atoms with Crippen LogP contribution in [0.5, 0.6) is 0 Å². The van der Waals surface area contributed by atoms with Crippen LogP contribution in [-0.4, -0.2) is 35.9 Å². The number of aliphatic hydroxyl groups excluding tert-OH is 1. The minimum atomic E-state index is -1.16. The number of aliphatic hydroxyl groups is 1. The van der Waals surface area contributed by atoms with Crippen LogP contribution in [0.25, 0.3) is 0 Å². The molecule has 1 aliphatic heterocycles. The SMILES string of the molecule is CC(C)C(C/C=C1/CC(CO)(COC(=O)C(C)(C)C)OC1=O)C(C)C. The number of rotatable bonds is 7. The number of hydrogen-bond donors (Lipinski definition) is 1. The van der Waals surface area contributed by atoms with Gasteiger partial charge in [-0.1, -0.05) is 33.8 Å². The number of hydrogen-bond acceptors (Lipinski definition) is 5. The van der Waals surface area contributed by atoms with Crippen molar-refractivity contribution < 1.29 is 24.2 Å². The zero-order valence-corrected chi connectivity index (χ0v) is 16.7. The van der Waals surface area contributed by atoms with Crippen molar-refractivity contribution in [3.63, 3.8) is 0 Å². The lowest BCUT2D eigenvalue weighted by Crippen LogP contribution is -2.40. The van der Waals surface area contributed by atoms with Crippen molar-refractivity contribution in [3.05, 3.63) is 11.6 Å². The average molecular weight is 354 g/mol. The van der Waals surface area contributed by atoms with Gasteiger partial charge in [0, 0.05) is 12.0 Å². The predicted octanol–water partition coefficient (Wildman–Crippen LogP) is 3.50. The lowest BCUT2D eigenvalue weighted by Gasteiger charge is -2.26. The van der Waals surface area contributed by atoms with Crippen molar-refractivity contribution in [3.8, 4) is 0 Å². The minimum absolute atomic E-state index is 0.125. The van der Waals surface area contributed by atoms with Crippen molar-refractivity contribution in [1.29, 1.82) is 0 Å². The Morgan fingerprint density at radius 2 is 1.84 bits per heavy atom. The van der Waals surface area contributed by atoms with Crippen molar-refractivity contribution >= 4 is 11.9 Å². The molecule has 144 valence electrons. The number of ether oxygens (including phenoxy) is 2. The molecule has 1 aliphatic rings. The maximum Gasteiger partial charge on any atom is 0.334 e. The van der Waals surface area contributed by atoms with Crippen molar-refractivity contribution in [2.24, 2.45) is 23.2 Å². The van der Waals surface area contributed by atoms with E-state index in [0.29, 0.717) is 23.3 Å². The van der Waals surface area contributed by atoms with E-state index in [0.717, 1.165) is 6.42 Å². The normalized spacial score (nSPS) is 23.0. The van der Waals surface area contributed by atoms with E-state index in [1.807, 2.05) is 6.08 Å². The molecule has 1 saturated heterocycles. The van der Waals surface area contributed by atoms with E-state index >= 15 is 0 Å². The van der Waals surface area contributed by atoms with Crippen LogP contribution in [0.1, 0.15) is 61.3 Å². The van der Waals surface area contributed by atoms with E-state index in [1.165, 1.54) is 0 Å². The summed E-state index contributed by atoms with van der Waals surface area (Å²) in [4.78, 5) is 24.1. The Morgan fingerprint density at radius 1 is 1.28 bits per heavy atom. The molecule has 5 nitrogen and oxygen atoms in total. The second-order valence-corrected chi connectivity index (χ2v) is 8.85. The van der Waals surface area contributed by atoms with Crippen molar-refractivity contribution in [1.82, 2.24) is 0 Å². The van der Waals surface area contributed by atoms with E-state index < -0.39 is 17.0 Å². The maximum absolute atomic E-state index is 12.2. The van der Waals surface area contributed by atoms with Crippen molar-refractivity contribution in [2.45, 2.75) is 66.9 Å². The Hall–Kier alpha value is -1.36. The Labute approximate surface area is 151 Å². The minimum Gasteiger partial charge on any atom is -0.461 e. The predicted molar refractivity (Wildman–Crippen MR) is 96.8 cm³/mol. The van der Waals surface area contributed by atoms with Gasteiger partial charge in [-0.15, -0.1) is 0 Å². The fourth-order valence-corrected chi connectivity index (χ4v) is 3.09. The fourth-order valence-electron chi connectivity index (χ4n) is 3.09. The molecule has 1 atom stereocenters. The Morgan fingerprint density at radius 3 is 2.28 bits per heavy atom. The molecule has 0 spiro atoms. The highest BCUT2D eigenvalue weighted by Gasteiger charge is 2.45. The van der Waals surface area contributed by atoms with Gasteiger partial charge in [-0.05, 0) is 44.9 Å². The molecule has 1 unspecified atom stereocenters. The molecule has 0 radical (unpaired) electrons. The van der Waals surface area contributed by atoms with Crippen LogP contribution in [0.3, 0.4) is 0 Å². The van der Waals surface area contributed by atoms with E-state index in [2.05, 4.69) is 27.7 Å². The van der Waals surface area contributed by atoms with E-state index in [1.54, 1.807) is 20.8 Å². The second-order valence-electron chi connectivity index (χ2n) is 8.85. The van der Waals surface area contributed by atoms with Crippen molar-refractivity contribution in [2.75, 3.05) is 13.2 Å². The molecule has 5 heteroatoms. The Bertz CT molecular complexity index is 505. The lowest BCUT2D eigenvalue weighted by atomic mass is 9.82. The number of cyclic esters (lactones) is 1. The molecule has 0 aromatic heterocycles. The van der Waals surface area contributed by atoms with Gasteiger partial charge in [0.25, 0.3) is 0 Å². The molecular formula is C20H34O5. The summed E-state index contributed by atoms with van der Waals surface area (Å²) in [5.74, 6) is 0.706. The summed E-state index contributed by atoms with van der Waals surface area (Å²) in [6, 6.07) is 0. The third-order valence-electron chi connectivity index (χ3n) is 4.80. The summed E-state index contributed by atoms with van der Waals surface area (Å²) in [6.07, 6.45) is 2.99. The third kappa shape index (κ3) is 5.84. The lowest BCUT2D eigenvalue weighted by molar-refractivity contribution is -0.171. The van der Waals surface area contributed by atoms with E-state index in [9.17, 15) is 14.7 Å². The molecule has 0 aromatic carbocycles. The average Bonchev–Trinajstić information content (AvgIpc) is 2.80. The molecule has 1 N–H and O–H groups in total. The molecule has 25 heavy (non-hydrogen) atoms. The second kappa shape index (κ2) is 8.35. The van der Waals surface area contributed by atoms with Gasteiger partial charge in [0.2, 0.25) is 0 Å². The van der Waals surface area contributed by atoms with Crippen LogP contribution in [0.15, 0.2) is 11.6 Å². The quantitative estimate of drug-likeness (QED) is 0.559. The number of allylic oxidation sites excluding steroid dienone is 1. The zero-order valence-electron chi connectivity index (χ0n) is 16.7. The summed E-state index contributed by atoms with van der Waals surface area (Å²) in [5.41, 5.74) is -1.23. The number of esters is 2. The van der Waals surface area contributed by atoms with Crippen LogP contribution >= 0.6 is 0 Å². The molecule has 1 heterocycles. The highest BCUT2D eigenvalue weighted by atomic mass is 16.6. The molecule has 0 bridgehead atoms. The van der Waals surface area contributed by atoms with Gasteiger partial charge >= 0.3 is 11.9 Å². The van der Waals surface area contributed by atoms with Gasteiger partial charge in [-0.25, -0.2) is 4.79 Å². The summed E-state index contributed by atoms with van der Waals surface area (Å²) in [7, 11) is 0. The first-order valence-electron chi connectivity index (χ1n) is 9.12. The fraction of sp³-hybridized carbons (Fsp3) is 0.800. The standard InChI is InChI=1S/C20H34O5/c1-13(2)16(14(3)4)9-8-15-10-20(11-21,25-17(15)22)12-24-18(23)19(5,6)7/h8,13-14,16,21H,9-12H2,1-7H3/b15-8-. The smallest absolute Gasteiger partial charge is 0.334 e. The van der Waals surface area contributed by atoms with Crippen LogP contribution in [0, 0.1) is 23.2 Å². The van der Waals surface area contributed by atoms with E-state index in [-0.39, 0.29) is 25.6 Å². The Balaban J connectivity index is 2.80. The van der Waals surface area contributed by atoms with Crippen LogP contribution in [-0.2, 0) is 19.1 Å². The maximum atomic E-state index is 12.2. The molecule has 0 saturated carbocycles. The highest BCUT2D eigenvalue weighted by molar-refractivity contribution is 5.91. The first-order chi connectivity index (χ1) is 11.4. The van der Waals surface area contributed by atoms with Gasteiger partial charge in [-0.3, -0.25) is 4.79 Å². The van der Waals surface area contributed by atoms with Gasteiger partial charge in [0.1, 0.15) is 6.61 Å². The summed E-state index contributed by atoms with van der Waals surface area (Å²) in [6.45, 7) is 13.5. The Kier molecular flexibility index (Phi) is 7.24. The first-order valence-corrected chi connectivity index (χ1v) is 9.12. The summed E-state index contributed by atoms with van der Waals surface area (Å²) >= 11 is 0. The first kappa shape index (κ1) is 21.7. The summed E-state index contributed by atoms with van der Waals surface area (Å²) < 4.78 is 10.7. The topological polar surface area (TPSA) is 72.8 Å². The molecule has 1 rings (SSSR count). The molecular weight excluding hydrogens is 320 g/mol.